The van der Waals surface area contributed by atoms with Gasteiger partial charge < -0.3 is 0 Å². The standard InChI is InChI=1S/C14H18N2/c1-9(2)13-7-11-5-6-15-14(10(3)4)12(11)8-16-13/h5-10H,1-4H3. The van der Waals surface area contributed by atoms with Gasteiger partial charge in [0.15, 0.2) is 0 Å². The number of nitrogens with zero attached hydrogens (tertiary/aromatic N) is 2. The van der Waals surface area contributed by atoms with E-state index < -0.39 is 0 Å². The molecule has 84 valence electrons. The van der Waals surface area contributed by atoms with E-state index >= 15 is 0 Å². The summed E-state index contributed by atoms with van der Waals surface area (Å²) < 4.78 is 0. The highest BCUT2D eigenvalue weighted by Gasteiger charge is 2.08. The molecular weight excluding hydrogens is 196 g/mol. The minimum atomic E-state index is 0.440. The topological polar surface area (TPSA) is 25.8 Å². The molecule has 0 amide bonds. The maximum Gasteiger partial charge on any atom is 0.0522 e. The van der Waals surface area contributed by atoms with E-state index in [1.165, 1.54) is 10.8 Å². The Morgan fingerprint density at radius 2 is 1.75 bits per heavy atom. The van der Waals surface area contributed by atoms with Crippen molar-refractivity contribution >= 4 is 10.8 Å². The lowest BCUT2D eigenvalue weighted by Gasteiger charge is -2.10. The average Bonchev–Trinajstić information content (AvgIpc) is 2.27. The van der Waals surface area contributed by atoms with Crippen molar-refractivity contribution in [3.05, 3.63) is 35.9 Å². The quantitative estimate of drug-likeness (QED) is 0.758. The van der Waals surface area contributed by atoms with Crippen LogP contribution in [0, 0.1) is 0 Å². The summed E-state index contributed by atoms with van der Waals surface area (Å²) in [5, 5.41) is 2.43. The molecule has 0 spiro atoms. The summed E-state index contributed by atoms with van der Waals surface area (Å²) in [5.41, 5.74) is 2.29. The maximum absolute atomic E-state index is 4.51. The molecule has 2 nitrogen and oxygen atoms in total. The summed E-state index contributed by atoms with van der Waals surface area (Å²) in [6, 6.07) is 4.24. The summed E-state index contributed by atoms with van der Waals surface area (Å²) >= 11 is 0. The molecule has 0 fully saturated rings. The molecule has 0 bridgehead atoms. The molecule has 0 saturated carbocycles. The summed E-state index contributed by atoms with van der Waals surface area (Å²) in [7, 11) is 0. The third kappa shape index (κ3) is 1.92. The molecule has 0 aliphatic heterocycles. The van der Waals surface area contributed by atoms with Crippen LogP contribution < -0.4 is 0 Å². The van der Waals surface area contributed by atoms with Gasteiger partial charge in [-0.05, 0) is 29.4 Å². The molecule has 0 aliphatic rings. The van der Waals surface area contributed by atoms with Crippen LogP contribution in [-0.4, -0.2) is 9.97 Å². The number of fused-ring (bicyclic) bond motifs is 1. The molecule has 0 radical (unpaired) electrons. The van der Waals surface area contributed by atoms with Gasteiger partial charge in [0.05, 0.1) is 5.69 Å². The van der Waals surface area contributed by atoms with Crippen LogP contribution in [0.1, 0.15) is 50.9 Å². The number of hydrogen-bond acceptors (Lipinski definition) is 2. The van der Waals surface area contributed by atoms with Crippen molar-refractivity contribution in [3.63, 3.8) is 0 Å². The SMILES string of the molecule is CC(C)c1cc2ccnc(C(C)C)c2cn1. The minimum absolute atomic E-state index is 0.440. The number of rotatable bonds is 2. The van der Waals surface area contributed by atoms with Gasteiger partial charge in [0.25, 0.3) is 0 Å². The van der Waals surface area contributed by atoms with Gasteiger partial charge in [-0.1, -0.05) is 27.7 Å². The van der Waals surface area contributed by atoms with Crippen LogP contribution in [0.4, 0.5) is 0 Å². The third-order valence-corrected chi connectivity index (χ3v) is 2.84. The van der Waals surface area contributed by atoms with E-state index in [0.717, 1.165) is 11.4 Å². The molecular formula is C14H18N2. The van der Waals surface area contributed by atoms with Gasteiger partial charge in [-0.25, -0.2) is 0 Å². The molecule has 0 atom stereocenters. The van der Waals surface area contributed by atoms with Gasteiger partial charge >= 0.3 is 0 Å². The lowest BCUT2D eigenvalue weighted by Crippen LogP contribution is -1.97. The largest absolute Gasteiger partial charge is 0.260 e. The molecule has 2 aromatic rings. The summed E-state index contributed by atoms with van der Waals surface area (Å²) in [5.74, 6) is 0.912. The lowest BCUT2D eigenvalue weighted by molar-refractivity contribution is 0.818. The second kappa shape index (κ2) is 4.20. The highest BCUT2D eigenvalue weighted by atomic mass is 14.7. The highest BCUT2D eigenvalue weighted by molar-refractivity contribution is 5.84. The van der Waals surface area contributed by atoms with Crippen molar-refractivity contribution < 1.29 is 0 Å². The fraction of sp³-hybridized carbons (Fsp3) is 0.429. The van der Waals surface area contributed by atoms with Crippen LogP contribution in [0.3, 0.4) is 0 Å². The van der Waals surface area contributed by atoms with Crippen molar-refractivity contribution in [2.24, 2.45) is 0 Å². The molecule has 0 N–H and O–H groups in total. The molecule has 16 heavy (non-hydrogen) atoms. The van der Waals surface area contributed by atoms with Gasteiger partial charge in [0, 0.05) is 23.5 Å². The maximum atomic E-state index is 4.51. The Balaban J connectivity index is 2.64. The van der Waals surface area contributed by atoms with Crippen LogP contribution >= 0.6 is 0 Å². The van der Waals surface area contributed by atoms with Gasteiger partial charge in [-0.2, -0.15) is 0 Å². The summed E-state index contributed by atoms with van der Waals surface area (Å²) in [6.45, 7) is 8.66. The van der Waals surface area contributed by atoms with Crippen LogP contribution in [0.15, 0.2) is 24.5 Å². The highest BCUT2D eigenvalue weighted by Crippen LogP contribution is 2.24. The summed E-state index contributed by atoms with van der Waals surface area (Å²) in [6.07, 6.45) is 3.86. The van der Waals surface area contributed by atoms with Crippen LogP contribution in [-0.2, 0) is 0 Å². The van der Waals surface area contributed by atoms with Crippen molar-refractivity contribution in [1.29, 1.82) is 0 Å². The van der Waals surface area contributed by atoms with E-state index in [1.807, 2.05) is 12.4 Å². The van der Waals surface area contributed by atoms with Crippen molar-refractivity contribution in [2.45, 2.75) is 39.5 Å². The first kappa shape index (κ1) is 11.1. The van der Waals surface area contributed by atoms with Crippen molar-refractivity contribution in [1.82, 2.24) is 9.97 Å². The average molecular weight is 214 g/mol. The van der Waals surface area contributed by atoms with E-state index in [2.05, 4.69) is 49.8 Å². The predicted molar refractivity (Wildman–Crippen MR) is 67.7 cm³/mol. The smallest absolute Gasteiger partial charge is 0.0522 e. The van der Waals surface area contributed by atoms with Gasteiger partial charge in [-0.15, -0.1) is 0 Å². The Morgan fingerprint density at radius 3 is 2.38 bits per heavy atom. The Morgan fingerprint density at radius 1 is 1.00 bits per heavy atom. The first-order valence-electron chi connectivity index (χ1n) is 5.84. The second-order valence-electron chi connectivity index (χ2n) is 4.84. The Bertz CT molecular complexity index is 501. The molecule has 2 heteroatoms. The van der Waals surface area contributed by atoms with Crippen molar-refractivity contribution in [2.75, 3.05) is 0 Å². The zero-order valence-corrected chi connectivity index (χ0v) is 10.4. The molecule has 2 heterocycles. The fourth-order valence-corrected chi connectivity index (χ4v) is 1.88. The first-order valence-corrected chi connectivity index (χ1v) is 5.84. The zero-order chi connectivity index (χ0) is 11.7. The summed E-state index contributed by atoms with van der Waals surface area (Å²) in [4.78, 5) is 8.95. The molecule has 2 aromatic heterocycles. The second-order valence-corrected chi connectivity index (χ2v) is 4.84. The molecule has 0 aliphatic carbocycles. The van der Waals surface area contributed by atoms with Crippen LogP contribution in [0.5, 0.6) is 0 Å². The third-order valence-electron chi connectivity index (χ3n) is 2.84. The number of aromatic nitrogens is 2. The van der Waals surface area contributed by atoms with E-state index in [0.29, 0.717) is 11.8 Å². The molecule has 0 unspecified atom stereocenters. The number of pyridine rings is 2. The monoisotopic (exact) mass is 214 g/mol. The normalized spacial score (nSPS) is 11.6. The Hall–Kier alpha value is -1.44. The van der Waals surface area contributed by atoms with Crippen LogP contribution in [0.25, 0.3) is 10.8 Å². The minimum Gasteiger partial charge on any atom is -0.260 e. The Labute approximate surface area is 96.7 Å². The fourth-order valence-electron chi connectivity index (χ4n) is 1.88. The molecule has 0 aromatic carbocycles. The lowest BCUT2D eigenvalue weighted by atomic mass is 10.0. The van der Waals surface area contributed by atoms with Crippen molar-refractivity contribution in [3.8, 4) is 0 Å². The predicted octanol–water partition coefficient (Wildman–Crippen LogP) is 3.88. The van der Waals surface area contributed by atoms with E-state index in [1.54, 1.807) is 0 Å². The number of hydrogen-bond donors (Lipinski definition) is 0. The van der Waals surface area contributed by atoms with Gasteiger partial charge in [-0.3, -0.25) is 9.97 Å². The first-order chi connectivity index (χ1) is 7.59. The van der Waals surface area contributed by atoms with Crippen LogP contribution in [0.2, 0.25) is 0 Å². The molecule has 2 rings (SSSR count). The van der Waals surface area contributed by atoms with E-state index in [9.17, 15) is 0 Å². The zero-order valence-electron chi connectivity index (χ0n) is 10.4. The van der Waals surface area contributed by atoms with Gasteiger partial charge in [0.2, 0.25) is 0 Å². The van der Waals surface area contributed by atoms with E-state index in [4.69, 9.17) is 0 Å². The van der Waals surface area contributed by atoms with Gasteiger partial charge in [0.1, 0.15) is 0 Å². The Kier molecular flexibility index (Phi) is 2.90. The van der Waals surface area contributed by atoms with E-state index in [-0.39, 0.29) is 0 Å². The molecule has 0 saturated heterocycles.